The standard InChI is InChI=1S/C19H18N4O5S/c1-29-17-14(8-20)13(7-15(22-17)11-4-5-11)18(25)28-10-16(24)23-19(26)21-9-12-3-2-6-27-12/h2-3,6-7,11H,4-5,9-10H2,1H3,(H2,21,23,24,26). The molecule has 1 fully saturated rings. The Balaban J connectivity index is 1.57. The highest BCUT2D eigenvalue weighted by Crippen LogP contribution is 2.40. The minimum atomic E-state index is -0.813. The maximum Gasteiger partial charge on any atom is 0.340 e. The number of nitrogens with one attached hydrogen (secondary N) is 2. The number of imide groups is 1. The van der Waals surface area contributed by atoms with Gasteiger partial charge in [0.05, 0.1) is 23.9 Å². The van der Waals surface area contributed by atoms with Crippen LogP contribution in [0.4, 0.5) is 4.79 Å². The number of esters is 1. The van der Waals surface area contributed by atoms with E-state index < -0.39 is 24.5 Å². The lowest BCUT2D eigenvalue weighted by atomic mass is 10.1. The number of hydrogen-bond acceptors (Lipinski definition) is 8. The van der Waals surface area contributed by atoms with Gasteiger partial charge >= 0.3 is 12.0 Å². The number of amides is 3. The normalized spacial score (nSPS) is 12.7. The summed E-state index contributed by atoms with van der Waals surface area (Å²) < 4.78 is 10.1. The van der Waals surface area contributed by atoms with E-state index in [1.165, 1.54) is 18.0 Å². The van der Waals surface area contributed by atoms with E-state index in [1.807, 2.05) is 6.07 Å². The van der Waals surface area contributed by atoms with Crippen molar-refractivity contribution in [1.29, 1.82) is 5.26 Å². The Morgan fingerprint density at radius 1 is 1.41 bits per heavy atom. The third kappa shape index (κ3) is 5.36. The largest absolute Gasteiger partial charge is 0.467 e. The van der Waals surface area contributed by atoms with Crippen LogP contribution < -0.4 is 10.6 Å². The molecule has 0 aromatic carbocycles. The maximum absolute atomic E-state index is 12.5. The smallest absolute Gasteiger partial charge is 0.340 e. The molecule has 150 valence electrons. The van der Waals surface area contributed by atoms with Crippen LogP contribution in [0.5, 0.6) is 0 Å². The van der Waals surface area contributed by atoms with E-state index in [2.05, 4.69) is 15.6 Å². The zero-order chi connectivity index (χ0) is 20.8. The van der Waals surface area contributed by atoms with Gasteiger partial charge in [-0.1, -0.05) is 0 Å². The maximum atomic E-state index is 12.5. The molecule has 2 heterocycles. The van der Waals surface area contributed by atoms with Gasteiger partial charge in [0.1, 0.15) is 16.9 Å². The second-order valence-corrected chi connectivity index (χ2v) is 7.05. The van der Waals surface area contributed by atoms with Crippen LogP contribution in [-0.4, -0.2) is 35.8 Å². The third-order valence-corrected chi connectivity index (χ3v) is 4.80. The van der Waals surface area contributed by atoms with Gasteiger partial charge in [-0.2, -0.15) is 5.26 Å². The fourth-order valence-electron chi connectivity index (χ4n) is 2.54. The fourth-order valence-corrected chi connectivity index (χ4v) is 3.10. The van der Waals surface area contributed by atoms with E-state index >= 15 is 0 Å². The van der Waals surface area contributed by atoms with Crippen LogP contribution >= 0.6 is 11.8 Å². The van der Waals surface area contributed by atoms with Crippen LogP contribution in [0.2, 0.25) is 0 Å². The Morgan fingerprint density at radius 2 is 2.21 bits per heavy atom. The van der Waals surface area contributed by atoms with Gasteiger partial charge in [-0.3, -0.25) is 10.1 Å². The van der Waals surface area contributed by atoms with Gasteiger partial charge in [0.25, 0.3) is 5.91 Å². The van der Waals surface area contributed by atoms with E-state index in [4.69, 9.17) is 9.15 Å². The zero-order valence-electron chi connectivity index (χ0n) is 15.6. The van der Waals surface area contributed by atoms with Crippen LogP contribution in [0, 0.1) is 11.3 Å². The monoisotopic (exact) mass is 414 g/mol. The predicted octanol–water partition coefficient (Wildman–Crippen LogP) is 2.33. The molecule has 1 aliphatic rings. The molecule has 3 amide bonds. The number of ether oxygens (including phenoxy) is 1. The van der Waals surface area contributed by atoms with Crippen LogP contribution in [0.3, 0.4) is 0 Å². The summed E-state index contributed by atoms with van der Waals surface area (Å²) in [5, 5.41) is 14.3. The molecular formula is C19H18N4O5S. The van der Waals surface area contributed by atoms with Crippen LogP contribution in [-0.2, 0) is 16.1 Å². The van der Waals surface area contributed by atoms with Gasteiger partial charge in [-0.05, 0) is 37.3 Å². The Kier molecular flexibility index (Phi) is 6.51. The SMILES string of the molecule is CSc1nc(C2CC2)cc(C(=O)OCC(=O)NC(=O)NCc2ccco2)c1C#N. The topological polar surface area (TPSA) is 134 Å². The van der Waals surface area contributed by atoms with Crippen molar-refractivity contribution in [2.75, 3.05) is 12.9 Å². The zero-order valence-corrected chi connectivity index (χ0v) is 16.4. The minimum Gasteiger partial charge on any atom is -0.467 e. The number of thioether (sulfide) groups is 1. The van der Waals surface area contributed by atoms with Crippen LogP contribution in [0.1, 0.15) is 46.1 Å². The Hall–Kier alpha value is -3.32. The average molecular weight is 414 g/mol. The molecule has 0 radical (unpaired) electrons. The number of hydrogen-bond donors (Lipinski definition) is 2. The highest BCUT2D eigenvalue weighted by atomic mass is 32.2. The lowest BCUT2D eigenvalue weighted by molar-refractivity contribution is -0.123. The molecule has 0 spiro atoms. The lowest BCUT2D eigenvalue weighted by Crippen LogP contribution is -2.41. The van der Waals surface area contributed by atoms with Crippen molar-refractivity contribution in [2.24, 2.45) is 0 Å². The van der Waals surface area contributed by atoms with Crippen molar-refractivity contribution in [3.05, 3.63) is 47.0 Å². The number of furan rings is 1. The number of aromatic nitrogens is 1. The van der Waals surface area contributed by atoms with Gasteiger partial charge in [0, 0.05) is 11.6 Å². The summed E-state index contributed by atoms with van der Waals surface area (Å²) >= 11 is 1.27. The van der Waals surface area contributed by atoms with E-state index in [9.17, 15) is 19.6 Å². The van der Waals surface area contributed by atoms with E-state index in [-0.39, 0.29) is 23.6 Å². The molecule has 2 aromatic rings. The molecule has 0 atom stereocenters. The number of pyridine rings is 1. The summed E-state index contributed by atoms with van der Waals surface area (Å²) in [6, 6.07) is 6.12. The van der Waals surface area contributed by atoms with E-state index in [0.29, 0.717) is 10.8 Å². The molecule has 2 N–H and O–H groups in total. The molecule has 2 aromatic heterocycles. The van der Waals surface area contributed by atoms with Crippen molar-refractivity contribution >= 4 is 29.7 Å². The summed E-state index contributed by atoms with van der Waals surface area (Å²) in [7, 11) is 0. The summed E-state index contributed by atoms with van der Waals surface area (Å²) in [4.78, 5) is 40.4. The van der Waals surface area contributed by atoms with E-state index in [1.54, 1.807) is 24.5 Å². The minimum absolute atomic E-state index is 0.0730. The van der Waals surface area contributed by atoms with Crippen molar-refractivity contribution in [2.45, 2.75) is 30.3 Å². The molecule has 1 saturated carbocycles. The number of carbonyl (C=O) groups excluding carboxylic acids is 3. The average Bonchev–Trinajstić information content (AvgIpc) is 3.44. The Bertz CT molecular complexity index is 964. The summed E-state index contributed by atoms with van der Waals surface area (Å²) in [5.74, 6) is -0.805. The molecule has 0 aliphatic heterocycles. The predicted molar refractivity (Wildman–Crippen MR) is 102 cm³/mol. The Labute approximate surface area is 170 Å². The number of rotatable bonds is 7. The lowest BCUT2D eigenvalue weighted by Gasteiger charge is -2.10. The first-order chi connectivity index (χ1) is 14.0. The van der Waals surface area contributed by atoms with Gasteiger partial charge < -0.3 is 14.5 Å². The number of carbonyl (C=O) groups is 3. The van der Waals surface area contributed by atoms with Gasteiger partial charge in [0.15, 0.2) is 6.61 Å². The Morgan fingerprint density at radius 3 is 2.83 bits per heavy atom. The quantitative estimate of drug-likeness (QED) is 0.521. The molecule has 29 heavy (non-hydrogen) atoms. The van der Waals surface area contributed by atoms with E-state index in [0.717, 1.165) is 18.5 Å². The molecule has 0 bridgehead atoms. The van der Waals surface area contributed by atoms with Crippen molar-refractivity contribution in [3.63, 3.8) is 0 Å². The first-order valence-corrected chi connectivity index (χ1v) is 10.0. The number of nitriles is 1. The van der Waals surface area contributed by atoms with Gasteiger partial charge in [-0.15, -0.1) is 11.8 Å². The first-order valence-electron chi connectivity index (χ1n) is 8.78. The van der Waals surface area contributed by atoms with Crippen LogP contribution in [0.25, 0.3) is 0 Å². The molecular weight excluding hydrogens is 396 g/mol. The van der Waals surface area contributed by atoms with Crippen molar-refractivity contribution in [3.8, 4) is 6.07 Å². The third-order valence-electron chi connectivity index (χ3n) is 4.12. The molecule has 0 unspecified atom stereocenters. The first kappa shape index (κ1) is 20.4. The van der Waals surface area contributed by atoms with Gasteiger partial charge in [-0.25, -0.2) is 14.6 Å². The number of nitrogens with zero attached hydrogens (tertiary/aromatic N) is 2. The van der Waals surface area contributed by atoms with Crippen molar-refractivity contribution < 1.29 is 23.5 Å². The molecule has 1 aliphatic carbocycles. The van der Waals surface area contributed by atoms with Crippen LogP contribution in [0.15, 0.2) is 33.9 Å². The number of urea groups is 1. The highest BCUT2D eigenvalue weighted by Gasteiger charge is 2.29. The molecule has 3 rings (SSSR count). The summed E-state index contributed by atoms with van der Waals surface area (Å²) in [6.45, 7) is -0.552. The summed E-state index contributed by atoms with van der Waals surface area (Å²) in [6.07, 6.45) is 5.20. The second-order valence-electron chi connectivity index (χ2n) is 6.25. The van der Waals surface area contributed by atoms with Gasteiger partial charge in [0.2, 0.25) is 0 Å². The second kappa shape index (κ2) is 9.25. The summed E-state index contributed by atoms with van der Waals surface area (Å²) in [5.41, 5.74) is 0.925. The fraction of sp³-hybridized carbons (Fsp3) is 0.316. The molecule has 10 heteroatoms. The molecule has 9 nitrogen and oxygen atoms in total. The highest BCUT2D eigenvalue weighted by molar-refractivity contribution is 7.98. The molecule has 0 saturated heterocycles. The van der Waals surface area contributed by atoms with Crippen molar-refractivity contribution in [1.82, 2.24) is 15.6 Å².